The number of ether oxygens (including phenoxy) is 2. The van der Waals surface area contributed by atoms with Crippen LogP contribution < -0.4 is 0 Å². The predicted molar refractivity (Wildman–Crippen MR) is 141 cm³/mol. The molecule has 3 heterocycles. The van der Waals surface area contributed by atoms with Crippen LogP contribution in [0.3, 0.4) is 0 Å². The number of hydrogen-bond acceptors (Lipinski definition) is 8. The molecule has 0 spiro atoms. The van der Waals surface area contributed by atoms with Crippen LogP contribution in [0, 0.1) is 42.4 Å². The minimum Gasteiger partial charge on any atom is -0.457 e. The molecule has 0 radical (unpaired) electrons. The second-order valence-electron chi connectivity index (χ2n) is 11.6. The average molecular weight is 526 g/mol. The Balaban J connectivity index is 1.64. The molecule has 0 aliphatic carbocycles. The zero-order chi connectivity index (χ0) is 27.8. The summed E-state index contributed by atoms with van der Waals surface area (Å²) in [6.45, 7) is 8.42. The zero-order valence-corrected chi connectivity index (χ0v) is 22.8. The lowest BCUT2D eigenvalue weighted by atomic mass is 9.69. The van der Waals surface area contributed by atoms with E-state index in [2.05, 4.69) is 10.9 Å². The molecule has 0 amide bonds. The number of hydrogen-bond donors (Lipinski definition) is 2. The smallest absolute Gasteiger partial charge is 0.311 e. The molecule has 2 N–H and O–H groups in total. The van der Waals surface area contributed by atoms with Crippen molar-refractivity contribution in [3.05, 3.63) is 29.7 Å². The molecule has 2 fully saturated rings. The summed E-state index contributed by atoms with van der Waals surface area (Å²) in [6, 6.07) is 5.51. The summed E-state index contributed by atoms with van der Waals surface area (Å²) in [5, 5.41) is 22.3. The second kappa shape index (κ2) is 11.2. The number of ketones is 1. The van der Waals surface area contributed by atoms with Crippen LogP contribution in [-0.2, 0) is 19.1 Å². The Bertz CT molecular complexity index is 1210. The molecule has 2 aromatic rings. The van der Waals surface area contributed by atoms with Crippen molar-refractivity contribution in [2.75, 3.05) is 0 Å². The molecule has 2 aliphatic heterocycles. The van der Waals surface area contributed by atoms with Crippen molar-refractivity contribution in [1.29, 1.82) is 0 Å². The van der Waals surface area contributed by atoms with Gasteiger partial charge < -0.3 is 24.1 Å². The molecule has 1 aromatic heterocycles. The number of carbonyl (C=O) groups is 2. The van der Waals surface area contributed by atoms with Crippen LogP contribution in [0.1, 0.15) is 77.4 Å². The Morgan fingerprint density at radius 2 is 1.89 bits per heavy atom. The van der Waals surface area contributed by atoms with Crippen molar-refractivity contribution in [2.45, 2.75) is 97.2 Å². The molecular weight excluding hydrogens is 486 g/mol. The van der Waals surface area contributed by atoms with Gasteiger partial charge in [0.15, 0.2) is 11.5 Å². The van der Waals surface area contributed by atoms with Crippen molar-refractivity contribution < 1.29 is 33.7 Å². The Morgan fingerprint density at radius 1 is 1.16 bits per heavy atom. The standard InChI is InChI=1S/C30H39NO7/c1-7-9-20-26(32)16(2)10-8-11-23-25(37-23)15-24(19-12-13-22-21(14-19)31-18(4)36-22)38-29(35)17(3)27(33)30(5,6)28(20)34/h1,12-14,16-17,20,23-27,32-33H,8-11,15H2,2-6H3. The number of esters is 1. The SMILES string of the molecule is C#CCC1C(=O)C(C)(C)C(O)C(C)C(=O)OC(c2ccc3oc(C)nc3c2)CC2OC2CCCC(C)C1O. The van der Waals surface area contributed by atoms with Crippen LogP contribution in [0.2, 0.25) is 0 Å². The lowest BCUT2D eigenvalue weighted by Crippen LogP contribution is -2.49. The van der Waals surface area contributed by atoms with E-state index in [1.807, 2.05) is 19.1 Å². The van der Waals surface area contributed by atoms with E-state index in [1.165, 1.54) is 0 Å². The number of aryl methyl sites for hydroxylation is 1. The molecule has 8 atom stereocenters. The summed E-state index contributed by atoms with van der Waals surface area (Å²) in [6.07, 6.45) is 5.47. The monoisotopic (exact) mass is 525 g/mol. The molecule has 2 saturated heterocycles. The maximum Gasteiger partial charge on any atom is 0.311 e. The summed E-state index contributed by atoms with van der Waals surface area (Å²) >= 11 is 0. The second-order valence-corrected chi connectivity index (χ2v) is 11.6. The van der Waals surface area contributed by atoms with E-state index < -0.39 is 41.5 Å². The highest BCUT2D eigenvalue weighted by molar-refractivity contribution is 5.88. The molecule has 0 bridgehead atoms. The number of fused-ring (bicyclic) bond motifs is 2. The van der Waals surface area contributed by atoms with Gasteiger partial charge in [-0.25, -0.2) is 4.98 Å². The van der Waals surface area contributed by atoms with Gasteiger partial charge in [-0.05, 0) is 43.4 Å². The lowest BCUT2D eigenvalue weighted by molar-refractivity contribution is -0.164. The van der Waals surface area contributed by atoms with E-state index >= 15 is 0 Å². The Kier molecular flexibility index (Phi) is 8.32. The topological polar surface area (TPSA) is 122 Å². The number of rotatable bonds is 2. The highest BCUT2D eigenvalue weighted by atomic mass is 16.6. The fourth-order valence-corrected chi connectivity index (χ4v) is 5.69. The van der Waals surface area contributed by atoms with E-state index in [0.717, 1.165) is 18.4 Å². The molecule has 38 heavy (non-hydrogen) atoms. The van der Waals surface area contributed by atoms with Crippen molar-refractivity contribution in [3.63, 3.8) is 0 Å². The minimum atomic E-state index is -1.34. The van der Waals surface area contributed by atoms with Gasteiger partial charge in [-0.1, -0.05) is 33.3 Å². The first-order valence-corrected chi connectivity index (χ1v) is 13.5. The molecule has 1 aromatic carbocycles. The number of aromatic nitrogens is 1. The van der Waals surface area contributed by atoms with Crippen molar-refractivity contribution >= 4 is 22.9 Å². The number of cyclic esters (lactones) is 1. The number of carbonyl (C=O) groups excluding carboxylic acids is 2. The Morgan fingerprint density at radius 3 is 2.61 bits per heavy atom. The molecule has 8 nitrogen and oxygen atoms in total. The number of oxazole rings is 1. The van der Waals surface area contributed by atoms with Crippen LogP contribution in [0.15, 0.2) is 22.6 Å². The third-order valence-corrected chi connectivity index (χ3v) is 8.32. The number of nitrogens with zero attached hydrogens (tertiary/aromatic N) is 1. The normalized spacial score (nSPS) is 34.8. The van der Waals surface area contributed by atoms with Gasteiger partial charge in [-0.3, -0.25) is 9.59 Å². The molecule has 2 aliphatic rings. The van der Waals surface area contributed by atoms with E-state index in [1.54, 1.807) is 33.8 Å². The fourth-order valence-electron chi connectivity index (χ4n) is 5.69. The van der Waals surface area contributed by atoms with E-state index in [9.17, 15) is 19.8 Å². The zero-order valence-electron chi connectivity index (χ0n) is 22.8. The van der Waals surface area contributed by atoms with E-state index in [-0.39, 0.29) is 30.3 Å². The van der Waals surface area contributed by atoms with Gasteiger partial charge in [0.1, 0.15) is 17.4 Å². The third-order valence-electron chi connectivity index (χ3n) is 8.32. The van der Waals surface area contributed by atoms with Gasteiger partial charge in [-0.2, -0.15) is 0 Å². The first-order chi connectivity index (χ1) is 17.9. The van der Waals surface area contributed by atoms with Crippen LogP contribution in [0.25, 0.3) is 11.1 Å². The minimum absolute atomic E-state index is 0.0385. The quantitative estimate of drug-likeness (QED) is 0.338. The maximum atomic E-state index is 13.6. The summed E-state index contributed by atoms with van der Waals surface area (Å²) in [5.41, 5.74) is 0.740. The number of terminal acetylenes is 1. The van der Waals surface area contributed by atoms with Crippen LogP contribution in [0.4, 0.5) is 0 Å². The van der Waals surface area contributed by atoms with Crippen LogP contribution in [0.5, 0.6) is 0 Å². The van der Waals surface area contributed by atoms with Gasteiger partial charge >= 0.3 is 5.97 Å². The lowest BCUT2D eigenvalue weighted by Gasteiger charge is -2.37. The highest BCUT2D eigenvalue weighted by Gasteiger charge is 2.47. The molecule has 0 saturated carbocycles. The van der Waals surface area contributed by atoms with Gasteiger partial charge in [0.25, 0.3) is 0 Å². The van der Waals surface area contributed by atoms with Gasteiger partial charge in [0.05, 0.1) is 41.7 Å². The summed E-state index contributed by atoms with van der Waals surface area (Å²) in [4.78, 5) is 31.4. The van der Waals surface area contributed by atoms with Crippen LogP contribution in [-0.4, -0.2) is 51.4 Å². The van der Waals surface area contributed by atoms with E-state index in [4.69, 9.17) is 20.3 Å². The first kappa shape index (κ1) is 28.3. The number of Topliss-reactive ketones (excluding diaryl/α,β-unsaturated/α-hetero) is 1. The summed E-state index contributed by atoms with van der Waals surface area (Å²) in [7, 11) is 0. The number of benzene rings is 1. The third kappa shape index (κ3) is 5.80. The van der Waals surface area contributed by atoms with Gasteiger partial charge in [0, 0.05) is 19.8 Å². The van der Waals surface area contributed by atoms with Crippen molar-refractivity contribution in [3.8, 4) is 12.3 Å². The Labute approximate surface area is 224 Å². The van der Waals surface area contributed by atoms with E-state index in [0.29, 0.717) is 29.8 Å². The number of aliphatic hydroxyl groups excluding tert-OH is 2. The summed E-state index contributed by atoms with van der Waals surface area (Å²) in [5.74, 6) is 0.0722. The van der Waals surface area contributed by atoms with Crippen molar-refractivity contribution in [1.82, 2.24) is 4.98 Å². The highest BCUT2D eigenvalue weighted by Crippen LogP contribution is 2.40. The largest absolute Gasteiger partial charge is 0.457 e. The average Bonchev–Trinajstić information content (AvgIpc) is 3.50. The van der Waals surface area contributed by atoms with Gasteiger partial charge in [0.2, 0.25) is 0 Å². The number of aliphatic hydroxyl groups is 2. The molecule has 8 heteroatoms. The van der Waals surface area contributed by atoms with Crippen LogP contribution >= 0.6 is 0 Å². The molecule has 206 valence electrons. The fraction of sp³-hybridized carbons (Fsp3) is 0.633. The first-order valence-electron chi connectivity index (χ1n) is 13.5. The number of epoxide rings is 1. The summed E-state index contributed by atoms with van der Waals surface area (Å²) < 4.78 is 17.5. The predicted octanol–water partition coefficient (Wildman–Crippen LogP) is 4.29. The van der Waals surface area contributed by atoms with Gasteiger partial charge in [-0.15, -0.1) is 12.3 Å². The molecule has 4 rings (SSSR count). The molecular formula is C30H39NO7. The maximum absolute atomic E-state index is 13.6. The Hall–Kier alpha value is -2.73. The molecule has 8 unspecified atom stereocenters. The van der Waals surface area contributed by atoms with Crippen molar-refractivity contribution in [2.24, 2.45) is 23.2 Å².